The molecule has 2 N–H and O–H groups in total. The molecule has 1 aromatic carbocycles. The first kappa shape index (κ1) is 16.7. The van der Waals surface area contributed by atoms with Crippen molar-refractivity contribution in [3.8, 4) is 0 Å². The molecule has 0 aliphatic carbocycles. The van der Waals surface area contributed by atoms with Crippen LogP contribution in [0.2, 0.25) is 0 Å². The van der Waals surface area contributed by atoms with Crippen LogP contribution < -0.4 is 10.6 Å². The zero-order valence-corrected chi connectivity index (χ0v) is 13.9. The lowest BCUT2D eigenvalue weighted by Gasteiger charge is -2.27. The van der Waals surface area contributed by atoms with E-state index in [9.17, 15) is 9.59 Å². The van der Waals surface area contributed by atoms with Crippen molar-refractivity contribution in [2.75, 3.05) is 24.2 Å². The fourth-order valence-electron chi connectivity index (χ4n) is 2.30. The van der Waals surface area contributed by atoms with Gasteiger partial charge in [-0.3, -0.25) is 4.79 Å². The van der Waals surface area contributed by atoms with E-state index in [1.165, 1.54) is 0 Å². The Morgan fingerprint density at radius 3 is 3.00 bits per heavy atom. The van der Waals surface area contributed by atoms with Gasteiger partial charge in [0, 0.05) is 30.4 Å². The molecule has 6 heteroatoms. The van der Waals surface area contributed by atoms with E-state index in [1.54, 1.807) is 16.7 Å². The molecule has 22 heavy (non-hydrogen) atoms. The molecule has 0 aromatic heterocycles. The number of thioether (sulfide) groups is 1. The van der Waals surface area contributed by atoms with Gasteiger partial charge in [-0.2, -0.15) is 0 Å². The van der Waals surface area contributed by atoms with E-state index < -0.39 is 0 Å². The van der Waals surface area contributed by atoms with Gasteiger partial charge in [0.15, 0.2) is 0 Å². The third-order valence-electron chi connectivity index (χ3n) is 3.56. The number of anilines is 1. The Morgan fingerprint density at radius 1 is 1.45 bits per heavy atom. The van der Waals surface area contributed by atoms with Crippen molar-refractivity contribution in [1.29, 1.82) is 0 Å². The second-order valence-electron chi connectivity index (χ2n) is 5.37. The molecule has 0 radical (unpaired) electrons. The summed E-state index contributed by atoms with van der Waals surface area (Å²) >= 11 is 1.74. The standard InChI is InChI=1S/C16H23N3O2S/c1-3-10-22-14-7-5-4-6-13(14)18-16(21)19-9-8-15(20)17-11-12(19)2/h4-7,12H,3,8-11H2,1-2H3,(H,17,20)(H,18,21)/t12-/m1/s1. The van der Waals surface area contributed by atoms with E-state index in [0.29, 0.717) is 19.5 Å². The lowest BCUT2D eigenvalue weighted by atomic mass is 10.3. The topological polar surface area (TPSA) is 61.4 Å². The molecular formula is C16H23N3O2S. The molecule has 1 heterocycles. The fraction of sp³-hybridized carbons (Fsp3) is 0.500. The van der Waals surface area contributed by atoms with Crippen molar-refractivity contribution in [2.45, 2.75) is 37.6 Å². The number of urea groups is 1. The van der Waals surface area contributed by atoms with Crippen LogP contribution in [0.5, 0.6) is 0 Å². The summed E-state index contributed by atoms with van der Waals surface area (Å²) in [4.78, 5) is 26.8. The highest BCUT2D eigenvalue weighted by molar-refractivity contribution is 7.99. The van der Waals surface area contributed by atoms with Gasteiger partial charge in [-0.25, -0.2) is 4.79 Å². The molecule has 1 atom stereocenters. The van der Waals surface area contributed by atoms with Crippen LogP contribution in [0, 0.1) is 0 Å². The van der Waals surface area contributed by atoms with Crippen LogP contribution in [0.4, 0.5) is 10.5 Å². The Bertz CT molecular complexity index is 536. The minimum Gasteiger partial charge on any atom is -0.354 e. The number of rotatable bonds is 4. The van der Waals surface area contributed by atoms with Gasteiger partial charge >= 0.3 is 6.03 Å². The van der Waals surface area contributed by atoms with Crippen molar-refractivity contribution in [2.24, 2.45) is 0 Å². The number of nitrogens with one attached hydrogen (secondary N) is 2. The zero-order valence-electron chi connectivity index (χ0n) is 13.1. The molecule has 1 aromatic rings. The molecule has 120 valence electrons. The number of nitrogens with zero attached hydrogens (tertiary/aromatic N) is 1. The van der Waals surface area contributed by atoms with E-state index in [-0.39, 0.29) is 18.0 Å². The quantitative estimate of drug-likeness (QED) is 0.838. The van der Waals surface area contributed by atoms with Gasteiger partial charge in [-0.1, -0.05) is 19.1 Å². The van der Waals surface area contributed by atoms with Crippen LogP contribution >= 0.6 is 11.8 Å². The van der Waals surface area contributed by atoms with E-state index in [0.717, 1.165) is 22.8 Å². The summed E-state index contributed by atoms with van der Waals surface area (Å²) in [7, 11) is 0. The third kappa shape index (κ3) is 4.40. The zero-order chi connectivity index (χ0) is 15.9. The highest BCUT2D eigenvalue weighted by Gasteiger charge is 2.24. The maximum absolute atomic E-state index is 12.5. The monoisotopic (exact) mass is 321 g/mol. The summed E-state index contributed by atoms with van der Waals surface area (Å²) in [6.07, 6.45) is 1.44. The number of carbonyl (C=O) groups excluding carboxylic acids is 2. The van der Waals surface area contributed by atoms with E-state index >= 15 is 0 Å². The number of hydrogen-bond donors (Lipinski definition) is 2. The van der Waals surface area contributed by atoms with E-state index in [2.05, 4.69) is 17.6 Å². The van der Waals surface area contributed by atoms with E-state index in [1.807, 2.05) is 31.2 Å². The molecule has 0 unspecified atom stereocenters. The third-order valence-corrected chi connectivity index (χ3v) is 4.84. The SMILES string of the molecule is CCCSc1ccccc1NC(=O)N1CCC(=O)NC[C@H]1C. The molecule has 1 saturated heterocycles. The molecule has 2 rings (SSSR count). The first-order valence-electron chi connectivity index (χ1n) is 7.68. The Labute approximate surface area is 135 Å². The van der Waals surface area contributed by atoms with Gasteiger partial charge in [-0.15, -0.1) is 11.8 Å². The van der Waals surface area contributed by atoms with Crippen LogP contribution in [0.3, 0.4) is 0 Å². The molecule has 1 aliphatic rings. The smallest absolute Gasteiger partial charge is 0.322 e. The second-order valence-corrected chi connectivity index (χ2v) is 6.51. The molecule has 5 nitrogen and oxygen atoms in total. The summed E-state index contributed by atoms with van der Waals surface area (Å²) in [5.74, 6) is 1.02. The van der Waals surface area contributed by atoms with Crippen LogP contribution in [-0.4, -0.2) is 41.7 Å². The minimum absolute atomic E-state index is 0.000974. The van der Waals surface area contributed by atoms with Gasteiger partial charge in [0.05, 0.1) is 5.69 Å². The van der Waals surface area contributed by atoms with Crippen molar-refractivity contribution in [3.63, 3.8) is 0 Å². The molecule has 3 amide bonds. The highest BCUT2D eigenvalue weighted by Crippen LogP contribution is 2.27. The molecule has 0 saturated carbocycles. The Morgan fingerprint density at radius 2 is 2.23 bits per heavy atom. The normalized spacial score (nSPS) is 18.5. The Hall–Kier alpha value is -1.69. The lowest BCUT2D eigenvalue weighted by molar-refractivity contribution is -0.120. The largest absolute Gasteiger partial charge is 0.354 e. The first-order valence-corrected chi connectivity index (χ1v) is 8.66. The number of hydrogen-bond acceptors (Lipinski definition) is 3. The van der Waals surface area contributed by atoms with Gasteiger partial charge in [0.25, 0.3) is 0 Å². The predicted octanol–water partition coefficient (Wildman–Crippen LogP) is 2.93. The summed E-state index contributed by atoms with van der Waals surface area (Å²) < 4.78 is 0. The Balaban J connectivity index is 2.06. The van der Waals surface area contributed by atoms with Crippen molar-refractivity contribution in [1.82, 2.24) is 10.2 Å². The van der Waals surface area contributed by atoms with Gasteiger partial charge in [0.1, 0.15) is 0 Å². The molecule has 1 aliphatic heterocycles. The summed E-state index contributed by atoms with van der Waals surface area (Å²) in [5, 5.41) is 5.81. The average molecular weight is 321 g/mol. The number of para-hydroxylation sites is 1. The number of benzene rings is 1. The summed E-state index contributed by atoms with van der Waals surface area (Å²) in [5.41, 5.74) is 0.835. The van der Waals surface area contributed by atoms with Crippen molar-refractivity contribution < 1.29 is 9.59 Å². The van der Waals surface area contributed by atoms with Crippen molar-refractivity contribution in [3.05, 3.63) is 24.3 Å². The maximum Gasteiger partial charge on any atom is 0.322 e. The molecular weight excluding hydrogens is 298 g/mol. The Kier molecular flexibility index (Phi) is 6.12. The van der Waals surface area contributed by atoms with Crippen LogP contribution in [0.15, 0.2) is 29.2 Å². The van der Waals surface area contributed by atoms with Crippen LogP contribution in [0.1, 0.15) is 26.7 Å². The maximum atomic E-state index is 12.5. The minimum atomic E-state index is -0.145. The molecule has 1 fully saturated rings. The fourth-order valence-corrected chi connectivity index (χ4v) is 3.17. The number of amides is 3. The molecule has 0 spiro atoms. The van der Waals surface area contributed by atoms with Crippen molar-refractivity contribution >= 4 is 29.4 Å². The first-order chi connectivity index (χ1) is 10.6. The van der Waals surface area contributed by atoms with Crippen LogP contribution in [0.25, 0.3) is 0 Å². The second kappa shape index (κ2) is 8.08. The average Bonchev–Trinajstić information content (AvgIpc) is 2.68. The highest BCUT2D eigenvalue weighted by atomic mass is 32.2. The van der Waals surface area contributed by atoms with Gasteiger partial charge < -0.3 is 15.5 Å². The molecule has 0 bridgehead atoms. The lowest BCUT2D eigenvalue weighted by Crippen LogP contribution is -2.44. The predicted molar refractivity (Wildman–Crippen MR) is 90.3 cm³/mol. The van der Waals surface area contributed by atoms with E-state index in [4.69, 9.17) is 0 Å². The van der Waals surface area contributed by atoms with Crippen LogP contribution in [-0.2, 0) is 4.79 Å². The number of carbonyl (C=O) groups is 2. The van der Waals surface area contributed by atoms with Gasteiger partial charge in [0.2, 0.25) is 5.91 Å². The summed E-state index contributed by atoms with van der Waals surface area (Å²) in [6.45, 7) is 5.03. The summed E-state index contributed by atoms with van der Waals surface area (Å²) in [6, 6.07) is 7.68. The van der Waals surface area contributed by atoms with Gasteiger partial charge in [-0.05, 0) is 31.2 Å².